The number of carbonyl (C=O) groups excluding carboxylic acids is 1. The van der Waals surface area contributed by atoms with Crippen molar-refractivity contribution in [2.75, 3.05) is 12.3 Å². The topological polar surface area (TPSA) is 172 Å². The lowest BCUT2D eigenvalue weighted by Gasteiger charge is -2.30. The predicted octanol–water partition coefficient (Wildman–Crippen LogP) is -0.206. The zero-order chi connectivity index (χ0) is 21.3. The van der Waals surface area contributed by atoms with Gasteiger partial charge >= 0.3 is 11.9 Å². The molecule has 11 heteroatoms. The molecule has 0 radical (unpaired) electrons. The second-order valence-corrected chi connectivity index (χ2v) is 7.06. The van der Waals surface area contributed by atoms with E-state index in [1.807, 2.05) is 30.3 Å². The summed E-state index contributed by atoms with van der Waals surface area (Å²) in [4.78, 5) is 25.0. The zero-order valence-electron chi connectivity index (χ0n) is 16.0. The number of fused-ring (bicyclic) bond motifs is 1. The summed E-state index contributed by atoms with van der Waals surface area (Å²) in [6.45, 7) is -0.465. The minimum Gasteiger partial charge on any atom is -0.413 e. The molecule has 0 amide bonds. The molecule has 3 heterocycles. The highest BCUT2D eigenvalue weighted by Crippen LogP contribution is 2.39. The second-order valence-electron chi connectivity index (χ2n) is 7.06. The third-order valence-corrected chi connectivity index (χ3v) is 5.03. The van der Waals surface area contributed by atoms with Crippen molar-refractivity contribution >= 4 is 23.0 Å². The number of benzene rings is 1. The number of aromatic nitrogens is 4. The van der Waals surface area contributed by atoms with Gasteiger partial charge in [-0.15, -0.1) is 0 Å². The Morgan fingerprint density at radius 2 is 2.10 bits per heavy atom. The number of hydrogen-bond acceptors (Lipinski definition) is 10. The molecule has 1 fully saturated rings. The van der Waals surface area contributed by atoms with Gasteiger partial charge in [-0.3, -0.25) is 9.36 Å². The van der Waals surface area contributed by atoms with Gasteiger partial charge in [0.1, 0.15) is 24.3 Å². The van der Waals surface area contributed by atoms with E-state index in [9.17, 15) is 15.0 Å². The molecule has 0 aliphatic carbocycles. The van der Waals surface area contributed by atoms with Gasteiger partial charge in [-0.05, 0) is 5.56 Å². The van der Waals surface area contributed by atoms with Crippen molar-refractivity contribution in [3.05, 3.63) is 48.5 Å². The van der Waals surface area contributed by atoms with Crippen molar-refractivity contribution in [1.82, 2.24) is 19.5 Å². The summed E-state index contributed by atoms with van der Waals surface area (Å²) in [6, 6.07) is 8.54. The van der Waals surface area contributed by atoms with Crippen molar-refractivity contribution in [3.8, 4) is 0 Å². The van der Waals surface area contributed by atoms with E-state index < -0.39 is 36.7 Å². The first-order valence-electron chi connectivity index (χ1n) is 9.36. The molecule has 4 rings (SSSR count). The van der Waals surface area contributed by atoms with Gasteiger partial charge in [-0.25, -0.2) is 15.0 Å². The molecule has 1 saturated heterocycles. The fraction of sp³-hybridized carbons (Fsp3) is 0.368. The summed E-state index contributed by atoms with van der Waals surface area (Å²) in [5.41, 5.74) is 13.3. The molecule has 4 unspecified atom stereocenters. The molecular weight excluding hydrogens is 392 g/mol. The van der Waals surface area contributed by atoms with E-state index in [1.165, 1.54) is 17.2 Å². The van der Waals surface area contributed by atoms with E-state index in [2.05, 4.69) is 15.0 Å². The average Bonchev–Trinajstić information content (AvgIpc) is 3.31. The second kappa shape index (κ2) is 7.95. The van der Waals surface area contributed by atoms with E-state index in [0.717, 1.165) is 5.56 Å². The van der Waals surface area contributed by atoms with Crippen LogP contribution in [0.3, 0.4) is 0 Å². The van der Waals surface area contributed by atoms with E-state index >= 15 is 0 Å². The number of anilines is 1. The quantitative estimate of drug-likeness (QED) is 0.396. The van der Waals surface area contributed by atoms with Gasteiger partial charge in [0.15, 0.2) is 11.5 Å². The monoisotopic (exact) mass is 414 g/mol. The Morgan fingerprint density at radius 1 is 1.33 bits per heavy atom. The van der Waals surface area contributed by atoms with Crippen LogP contribution in [0.2, 0.25) is 0 Å². The smallest absolute Gasteiger partial charge is 0.311 e. The first kappa shape index (κ1) is 20.2. The normalized spacial score (nSPS) is 24.8. The number of carbonyl (C=O) groups is 1. The number of imidazole rings is 1. The maximum absolute atomic E-state index is 12.8. The number of nitrogens with two attached hydrogens (primary N) is 2. The molecule has 30 heavy (non-hydrogen) atoms. The molecule has 1 aliphatic rings. The maximum atomic E-state index is 12.8. The first-order chi connectivity index (χ1) is 14.4. The molecule has 2 aromatic heterocycles. The molecule has 1 aliphatic heterocycles. The SMILES string of the molecule is Nc1ncnc2c1ncn2C1(OC(=O)CC(N)c2ccccc2)CC(O)C(CO)O1. The molecule has 1 aromatic carbocycles. The van der Waals surface area contributed by atoms with E-state index in [4.69, 9.17) is 20.9 Å². The van der Waals surface area contributed by atoms with Gasteiger partial charge in [0, 0.05) is 6.04 Å². The van der Waals surface area contributed by atoms with Crippen molar-refractivity contribution in [1.29, 1.82) is 0 Å². The van der Waals surface area contributed by atoms with Crippen LogP contribution < -0.4 is 11.5 Å². The summed E-state index contributed by atoms with van der Waals surface area (Å²) in [6.07, 6.45) is 0.274. The molecular formula is C19H22N6O5. The molecule has 158 valence electrons. The zero-order valence-corrected chi connectivity index (χ0v) is 16.0. The van der Waals surface area contributed by atoms with Gasteiger partial charge in [0.05, 0.1) is 25.6 Å². The van der Waals surface area contributed by atoms with Crippen LogP contribution in [0.25, 0.3) is 11.2 Å². The van der Waals surface area contributed by atoms with Crippen LogP contribution in [-0.4, -0.2) is 54.5 Å². The van der Waals surface area contributed by atoms with E-state index in [-0.39, 0.29) is 24.3 Å². The van der Waals surface area contributed by atoms with Gasteiger partial charge < -0.3 is 31.2 Å². The molecule has 4 atom stereocenters. The largest absolute Gasteiger partial charge is 0.413 e. The fourth-order valence-electron chi connectivity index (χ4n) is 3.51. The number of hydrogen-bond donors (Lipinski definition) is 4. The number of nitrogen functional groups attached to an aromatic ring is 1. The summed E-state index contributed by atoms with van der Waals surface area (Å²) >= 11 is 0. The number of nitrogens with zero attached hydrogens (tertiary/aromatic N) is 4. The van der Waals surface area contributed by atoms with Crippen molar-refractivity contribution in [3.63, 3.8) is 0 Å². The lowest BCUT2D eigenvalue weighted by molar-refractivity contribution is -0.271. The van der Waals surface area contributed by atoms with Crippen molar-refractivity contribution in [2.24, 2.45) is 5.73 Å². The van der Waals surface area contributed by atoms with E-state index in [1.54, 1.807) is 0 Å². The minimum absolute atomic E-state index is 0.126. The standard InChI is InChI=1S/C19H22N6O5/c20-12(11-4-2-1-3-5-11)6-15(28)30-19(7-13(27)14(8-26)29-19)25-10-24-16-17(21)22-9-23-18(16)25/h1-5,9-10,12-14,26-27H,6-8,20H2,(H2,21,22,23). The van der Waals surface area contributed by atoms with Crippen molar-refractivity contribution in [2.45, 2.75) is 37.0 Å². The molecule has 0 bridgehead atoms. The Kier molecular flexibility index (Phi) is 5.35. The van der Waals surface area contributed by atoms with Crippen molar-refractivity contribution < 1.29 is 24.5 Å². The highest BCUT2D eigenvalue weighted by atomic mass is 16.8. The summed E-state index contributed by atoms with van der Waals surface area (Å²) < 4.78 is 12.9. The fourth-order valence-corrected chi connectivity index (χ4v) is 3.51. The van der Waals surface area contributed by atoms with Crippen LogP contribution in [0.15, 0.2) is 43.0 Å². The maximum Gasteiger partial charge on any atom is 0.311 e. The molecule has 3 aromatic rings. The number of ether oxygens (including phenoxy) is 2. The molecule has 11 nitrogen and oxygen atoms in total. The number of rotatable bonds is 6. The Hall–Kier alpha value is -3.12. The van der Waals surface area contributed by atoms with Crippen LogP contribution in [0.1, 0.15) is 24.4 Å². The lowest BCUT2D eigenvalue weighted by atomic mass is 10.1. The third-order valence-electron chi connectivity index (χ3n) is 5.03. The van der Waals surface area contributed by atoms with Gasteiger partial charge in [-0.1, -0.05) is 30.3 Å². The lowest BCUT2D eigenvalue weighted by Crippen LogP contribution is -2.39. The highest BCUT2D eigenvalue weighted by Gasteiger charge is 2.51. The first-order valence-corrected chi connectivity index (χ1v) is 9.36. The van der Waals surface area contributed by atoms with Crippen LogP contribution in [0, 0.1) is 0 Å². The number of aliphatic hydroxyl groups excluding tert-OH is 2. The Morgan fingerprint density at radius 3 is 2.80 bits per heavy atom. The predicted molar refractivity (Wildman–Crippen MR) is 104 cm³/mol. The Labute approximate surface area is 171 Å². The Balaban J connectivity index is 1.65. The molecule has 0 saturated carbocycles. The molecule has 0 spiro atoms. The summed E-state index contributed by atoms with van der Waals surface area (Å²) in [7, 11) is 0. The van der Waals surface area contributed by atoms with Crippen LogP contribution in [-0.2, 0) is 20.2 Å². The van der Waals surface area contributed by atoms with Crippen LogP contribution in [0.4, 0.5) is 5.82 Å². The van der Waals surface area contributed by atoms with Gasteiger partial charge in [-0.2, -0.15) is 0 Å². The Bertz CT molecular complexity index is 1040. The van der Waals surface area contributed by atoms with E-state index in [0.29, 0.717) is 5.52 Å². The van der Waals surface area contributed by atoms with Crippen LogP contribution in [0.5, 0.6) is 0 Å². The average molecular weight is 414 g/mol. The summed E-state index contributed by atoms with van der Waals surface area (Å²) in [5, 5.41) is 19.9. The third kappa shape index (κ3) is 3.59. The minimum atomic E-state index is -1.77. The highest BCUT2D eigenvalue weighted by molar-refractivity contribution is 5.81. The molecule has 6 N–H and O–H groups in total. The van der Waals surface area contributed by atoms with Gasteiger partial charge in [0.2, 0.25) is 0 Å². The van der Waals surface area contributed by atoms with Crippen LogP contribution >= 0.6 is 0 Å². The summed E-state index contributed by atoms with van der Waals surface area (Å²) in [5.74, 6) is -2.28. The van der Waals surface area contributed by atoms with Gasteiger partial charge in [0.25, 0.3) is 0 Å². The number of esters is 1. The number of aliphatic hydroxyl groups is 2.